The van der Waals surface area contributed by atoms with Gasteiger partial charge in [0.15, 0.2) is 0 Å². The summed E-state index contributed by atoms with van der Waals surface area (Å²) in [6.07, 6.45) is 3.53. The second kappa shape index (κ2) is 11.4. The van der Waals surface area contributed by atoms with Crippen LogP contribution in [0.1, 0.15) is 32.6 Å². The number of hydrogen-bond donors (Lipinski definition) is 1. The molecule has 0 unspecified atom stereocenters. The van der Waals surface area contributed by atoms with E-state index >= 15 is 0 Å². The first-order chi connectivity index (χ1) is 18.5. The highest BCUT2D eigenvalue weighted by atomic mass is 16.5. The average Bonchev–Trinajstić information content (AvgIpc) is 3.38. The molecule has 38 heavy (non-hydrogen) atoms. The summed E-state index contributed by atoms with van der Waals surface area (Å²) in [5.41, 5.74) is 10.1. The highest BCUT2D eigenvalue weighted by Crippen LogP contribution is 2.23. The van der Waals surface area contributed by atoms with Crippen molar-refractivity contribution in [2.75, 3.05) is 0 Å². The molecule has 6 nitrogen and oxygen atoms in total. The maximum absolute atomic E-state index is 12.7. The van der Waals surface area contributed by atoms with Gasteiger partial charge in [0.2, 0.25) is 0 Å². The Kier molecular flexibility index (Phi) is 7.41. The summed E-state index contributed by atoms with van der Waals surface area (Å²) in [6, 6.07) is 33.3. The van der Waals surface area contributed by atoms with Crippen LogP contribution in [0.4, 0.5) is 0 Å². The van der Waals surface area contributed by atoms with Crippen LogP contribution in [0.5, 0.6) is 5.75 Å². The van der Waals surface area contributed by atoms with Crippen molar-refractivity contribution in [3.05, 3.63) is 137 Å². The number of nitrogens with zero attached hydrogens (tertiary/aromatic N) is 3. The fourth-order valence-electron chi connectivity index (χ4n) is 3.91. The van der Waals surface area contributed by atoms with Crippen molar-refractivity contribution in [2.24, 2.45) is 5.10 Å². The molecular formula is C32H28N4O2. The zero-order valence-electron chi connectivity index (χ0n) is 21.3. The number of carbonyl (C=O) groups excluding carboxylic acids is 1. The van der Waals surface area contributed by atoms with Gasteiger partial charge in [0, 0.05) is 22.9 Å². The van der Waals surface area contributed by atoms with Gasteiger partial charge in [-0.15, -0.1) is 0 Å². The molecule has 0 fully saturated rings. The lowest BCUT2D eigenvalue weighted by atomic mass is 10.1. The summed E-state index contributed by atoms with van der Waals surface area (Å²) >= 11 is 0. The minimum atomic E-state index is -0.307. The van der Waals surface area contributed by atoms with Crippen molar-refractivity contribution < 1.29 is 9.53 Å². The van der Waals surface area contributed by atoms with Crippen molar-refractivity contribution in [1.82, 2.24) is 15.2 Å². The molecule has 5 aromatic rings. The number of hydrogen-bond acceptors (Lipinski definition) is 4. The van der Waals surface area contributed by atoms with Crippen molar-refractivity contribution >= 4 is 12.1 Å². The molecule has 1 amide bonds. The van der Waals surface area contributed by atoms with Gasteiger partial charge in [-0.25, -0.2) is 10.1 Å². The molecule has 1 N–H and O–H groups in total. The van der Waals surface area contributed by atoms with E-state index in [0.29, 0.717) is 17.9 Å². The molecule has 4 aromatic carbocycles. The van der Waals surface area contributed by atoms with Gasteiger partial charge < -0.3 is 4.74 Å². The number of nitrogens with one attached hydrogen (secondary N) is 1. The Balaban J connectivity index is 1.27. The maximum atomic E-state index is 12.7. The number of para-hydroxylation sites is 1. The van der Waals surface area contributed by atoms with Gasteiger partial charge in [0.25, 0.3) is 5.91 Å². The Hall–Kier alpha value is -4.97. The molecule has 6 heteroatoms. The number of carbonyl (C=O) groups is 1. The topological polar surface area (TPSA) is 68.5 Å². The van der Waals surface area contributed by atoms with E-state index in [1.165, 1.54) is 11.1 Å². The SMILES string of the molecule is Cc1ccc(COc2ccc(C(=O)N/N=C/c3cn(-c4ccccc4)nc3-c3ccc(C)cc3)cc2)cc1. The van der Waals surface area contributed by atoms with Gasteiger partial charge in [-0.2, -0.15) is 10.2 Å². The quantitative estimate of drug-likeness (QED) is 0.195. The summed E-state index contributed by atoms with van der Waals surface area (Å²) in [5, 5.41) is 9.01. The van der Waals surface area contributed by atoms with Crippen molar-refractivity contribution in [3.63, 3.8) is 0 Å². The van der Waals surface area contributed by atoms with Crippen LogP contribution < -0.4 is 10.2 Å². The molecule has 0 radical (unpaired) electrons. The zero-order valence-corrected chi connectivity index (χ0v) is 21.3. The van der Waals surface area contributed by atoms with Crippen LogP contribution in [0.15, 0.2) is 114 Å². The third-order valence-corrected chi connectivity index (χ3v) is 6.10. The maximum Gasteiger partial charge on any atom is 0.271 e. The fourth-order valence-corrected chi connectivity index (χ4v) is 3.91. The number of hydrazone groups is 1. The van der Waals surface area contributed by atoms with Crippen LogP contribution in [-0.2, 0) is 6.61 Å². The number of aromatic nitrogens is 2. The lowest BCUT2D eigenvalue weighted by Gasteiger charge is -2.07. The molecule has 0 atom stereocenters. The first-order valence-corrected chi connectivity index (χ1v) is 12.4. The number of amides is 1. The Morgan fingerprint density at radius 2 is 1.53 bits per heavy atom. The first-order valence-electron chi connectivity index (χ1n) is 12.4. The number of ether oxygens (including phenoxy) is 1. The first kappa shape index (κ1) is 24.7. The number of aryl methyl sites for hydroxylation is 2. The normalized spacial score (nSPS) is 11.0. The molecule has 0 spiro atoms. The molecule has 0 aliphatic rings. The van der Waals surface area contributed by atoms with Gasteiger partial charge in [0.05, 0.1) is 11.9 Å². The Morgan fingerprint density at radius 3 is 2.21 bits per heavy atom. The van der Waals surface area contributed by atoms with Gasteiger partial charge in [0.1, 0.15) is 18.1 Å². The van der Waals surface area contributed by atoms with Crippen LogP contribution in [0.2, 0.25) is 0 Å². The standard InChI is InChI=1S/C32H28N4O2/c1-23-8-12-25(13-9-23)22-38-30-18-16-27(17-19-30)32(37)34-33-20-28-21-36(29-6-4-3-5-7-29)35-31(28)26-14-10-24(2)11-15-26/h3-21H,22H2,1-2H3,(H,34,37)/b33-20+. The second-order valence-corrected chi connectivity index (χ2v) is 9.08. The largest absolute Gasteiger partial charge is 0.489 e. The Bertz CT molecular complexity index is 1540. The van der Waals surface area contributed by atoms with E-state index in [9.17, 15) is 4.79 Å². The summed E-state index contributed by atoms with van der Waals surface area (Å²) in [5.74, 6) is 0.389. The summed E-state index contributed by atoms with van der Waals surface area (Å²) in [4.78, 5) is 12.7. The van der Waals surface area contributed by atoms with Crippen LogP contribution in [0.25, 0.3) is 16.9 Å². The van der Waals surface area contributed by atoms with Gasteiger partial charge >= 0.3 is 0 Å². The third-order valence-electron chi connectivity index (χ3n) is 6.10. The zero-order chi connectivity index (χ0) is 26.3. The minimum absolute atomic E-state index is 0.307. The molecule has 0 bridgehead atoms. The monoisotopic (exact) mass is 500 g/mol. The van der Waals surface area contributed by atoms with Gasteiger partial charge in [-0.05, 0) is 55.8 Å². The summed E-state index contributed by atoms with van der Waals surface area (Å²) in [7, 11) is 0. The molecule has 0 saturated carbocycles. The third kappa shape index (κ3) is 6.05. The van der Waals surface area contributed by atoms with Crippen LogP contribution in [-0.4, -0.2) is 21.9 Å². The molecule has 0 aliphatic carbocycles. The predicted octanol–water partition coefficient (Wildman–Crippen LogP) is 6.50. The summed E-state index contributed by atoms with van der Waals surface area (Å²) < 4.78 is 7.65. The molecule has 0 aliphatic heterocycles. The van der Waals surface area contributed by atoms with E-state index in [4.69, 9.17) is 9.84 Å². The Morgan fingerprint density at radius 1 is 0.868 bits per heavy atom. The molecule has 1 heterocycles. The highest BCUT2D eigenvalue weighted by molar-refractivity contribution is 5.95. The number of rotatable bonds is 8. The van der Waals surface area contributed by atoms with Crippen molar-refractivity contribution in [2.45, 2.75) is 20.5 Å². The highest BCUT2D eigenvalue weighted by Gasteiger charge is 2.12. The van der Waals surface area contributed by atoms with E-state index < -0.39 is 0 Å². The summed E-state index contributed by atoms with van der Waals surface area (Å²) in [6.45, 7) is 4.57. The predicted molar refractivity (Wildman–Crippen MR) is 151 cm³/mol. The van der Waals surface area contributed by atoms with Gasteiger partial charge in [-0.3, -0.25) is 4.79 Å². The van der Waals surface area contributed by atoms with E-state index in [1.807, 2.05) is 84.5 Å². The van der Waals surface area contributed by atoms with Crippen LogP contribution >= 0.6 is 0 Å². The molecule has 1 aromatic heterocycles. The van der Waals surface area contributed by atoms with Crippen molar-refractivity contribution in [3.8, 4) is 22.7 Å². The molecule has 0 saturated heterocycles. The van der Waals surface area contributed by atoms with E-state index in [1.54, 1.807) is 30.5 Å². The van der Waals surface area contributed by atoms with E-state index in [-0.39, 0.29) is 5.91 Å². The Labute approximate surface area is 222 Å². The smallest absolute Gasteiger partial charge is 0.271 e. The van der Waals surface area contributed by atoms with Crippen LogP contribution in [0.3, 0.4) is 0 Å². The average molecular weight is 501 g/mol. The van der Waals surface area contributed by atoms with E-state index in [0.717, 1.165) is 28.1 Å². The van der Waals surface area contributed by atoms with Gasteiger partial charge in [-0.1, -0.05) is 77.9 Å². The lowest BCUT2D eigenvalue weighted by Crippen LogP contribution is -2.17. The number of benzene rings is 4. The van der Waals surface area contributed by atoms with Crippen LogP contribution in [0, 0.1) is 13.8 Å². The molecular weight excluding hydrogens is 472 g/mol. The van der Waals surface area contributed by atoms with Crippen molar-refractivity contribution in [1.29, 1.82) is 0 Å². The molecule has 188 valence electrons. The van der Waals surface area contributed by atoms with E-state index in [2.05, 4.69) is 29.6 Å². The fraction of sp³-hybridized carbons (Fsp3) is 0.0938. The minimum Gasteiger partial charge on any atom is -0.489 e. The lowest BCUT2D eigenvalue weighted by molar-refractivity contribution is 0.0955. The molecule has 5 rings (SSSR count). The second-order valence-electron chi connectivity index (χ2n) is 9.08.